The first-order chi connectivity index (χ1) is 12.0. The van der Waals surface area contributed by atoms with E-state index >= 15 is 0 Å². The first kappa shape index (κ1) is 20.4. The van der Waals surface area contributed by atoms with Crippen LogP contribution in [0.5, 0.6) is 0 Å². The van der Waals surface area contributed by atoms with Crippen molar-refractivity contribution in [3.8, 4) is 0 Å². The van der Waals surface area contributed by atoms with Crippen molar-refractivity contribution in [2.24, 2.45) is 0 Å². The standard InChI is InChI=1S/C16H12Cl3F2N3O2/c1-16(18,19)6-13(25)23-9-2-3-11(17)10(5-9)15(26)24-14-12(21)4-8(20)7-22-14/h2-5,7H,6H2,1H3,(H,23,25)(H,22,24,26). The van der Waals surface area contributed by atoms with Crippen LogP contribution in [0.1, 0.15) is 23.7 Å². The van der Waals surface area contributed by atoms with Crippen LogP contribution in [0.15, 0.2) is 30.5 Å². The monoisotopic (exact) mass is 421 g/mol. The lowest BCUT2D eigenvalue weighted by Crippen LogP contribution is -2.21. The molecule has 2 aromatic rings. The maximum atomic E-state index is 13.6. The van der Waals surface area contributed by atoms with Gasteiger partial charge in [0.2, 0.25) is 5.91 Å². The summed E-state index contributed by atoms with van der Waals surface area (Å²) in [5.74, 6) is -3.64. The fourth-order valence-electron chi connectivity index (χ4n) is 1.95. The Hall–Kier alpha value is -1.96. The van der Waals surface area contributed by atoms with E-state index in [1.54, 1.807) is 0 Å². The van der Waals surface area contributed by atoms with Gasteiger partial charge in [-0.2, -0.15) is 0 Å². The first-order valence-electron chi connectivity index (χ1n) is 7.15. The van der Waals surface area contributed by atoms with Crippen molar-refractivity contribution in [3.63, 3.8) is 0 Å². The third-order valence-corrected chi connectivity index (χ3v) is 3.60. The lowest BCUT2D eigenvalue weighted by molar-refractivity contribution is -0.116. The molecule has 0 bridgehead atoms. The van der Waals surface area contributed by atoms with Gasteiger partial charge in [-0.1, -0.05) is 11.6 Å². The molecule has 2 rings (SSSR count). The zero-order valence-electron chi connectivity index (χ0n) is 13.2. The number of aromatic nitrogens is 1. The predicted octanol–water partition coefficient (Wildman–Crippen LogP) is 4.79. The zero-order chi connectivity index (χ0) is 19.5. The Kier molecular flexibility index (Phi) is 6.39. The molecule has 2 amide bonds. The van der Waals surface area contributed by atoms with Gasteiger partial charge in [-0.05, 0) is 25.1 Å². The Bertz CT molecular complexity index is 857. The van der Waals surface area contributed by atoms with E-state index < -0.39 is 33.6 Å². The summed E-state index contributed by atoms with van der Waals surface area (Å²) in [7, 11) is 0. The van der Waals surface area contributed by atoms with Crippen molar-refractivity contribution >= 4 is 58.1 Å². The predicted molar refractivity (Wildman–Crippen MR) is 96.9 cm³/mol. The largest absolute Gasteiger partial charge is 0.326 e. The summed E-state index contributed by atoms with van der Waals surface area (Å²) in [5, 5.41) is 4.76. The van der Waals surface area contributed by atoms with E-state index in [4.69, 9.17) is 34.8 Å². The molecule has 0 atom stereocenters. The lowest BCUT2D eigenvalue weighted by atomic mass is 10.1. The number of nitrogens with zero attached hydrogens (tertiary/aromatic N) is 1. The number of nitrogens with one attached hydrogen (secondary N) is 2. The minimum absolute atomic E-state index is 0.0468. The van der Waals surface area contributed by atoms with E-state index in [1.165, 1.54) is 25.1 Å². The summed E-state index contributed by atoms with van der Waals surface area (Å²) in [6.07, 6.45) is 0.581. The number of alkyl halides is 2. The molecule has 1 heterocycles. The Morgan fingerprint density at radius 1 is 1.19 bits per heavy atom. The molecule has 0 aliphatic carbocycles. The highest BCUT2D eigenvalue weighted by atomic mass is 35.5. The molecule has 5 nitrogen and oxygen atoms in total. The number of carbonyl (C=O) groups excluding carboxylic acids is 2. The van der Waals surface area contributed by atoms with Crippen LogP contribution in [0.2, 0.25) is 5.02 Å². The number of hydrogen-bond acceptors (Lipinski definition) is 3. The van der Waals surface area contributed by atoms with Gasteiger partial charge in [-0.25, -0.2) is 13.8 Å². The second-order valence-electron chi connectivity index (χ2n) is 5.43. The fraction of sp³-hybridized carbons (Fsp3) is 0.188. The molecule has 1 aromatic carbocycles. The zero-order valence-corrected chi connectivity index (χ0v) is 15.5. The van der Waals surface area contributed by atoms with E-state index in [0.29, 0.717) is 6.07 Å². The van der Waals surface area contributed by atoms with Gasteiger partial charge in [0.15, 0.2) is 11.6 Å². The third kappa shape index (κ3) is 5.79. The second-order valence-corrected chi connectivity index (χ2v) is 7.70. The number of anilines is 2. The molecule has 0 saturated heterocycles. The molecule has 0 spiro atoms. The molecule has 1 aromatic heterocycles. The third-order valence-electron chi connectivity index (χ3n) is 3.01. The number of hydrogen-bond donors (Lipinski definition) is 2. The number of pyridine rings is 1. The van der Waals surface area contributed by atoms with Crippen LogP contribution >= 0.6 is 34.8 Å². The van der Waals surface area contributed by atoms with Crippen LogP contribution in [0.3, 0.4) is 0 Å². The summed E-state index contributed by atoms with van der Waals surface area (Å²) in [4.78, 5) is 27.6. The summed E-state index contributed by atoms with van der Waals surface area (Å²) < 4.78 is 25.2. The molecule has 138 valence electrons. The topological polar surface area (TPSA) is 71.1 Å². The molecule has 0 aliphatic heterocycles. The molecule has 10 heteroatoms. The van der Waals surface area contributed by atoms with Crippen LogP contribution in [0.25, 0.3) is 0 Å². The van der Waals surface area contributed by atoms with Crippen molar-refractivity contribution in [1.82, 2.24) is 4.98 Å². The highest BCUT2D eigenvalue weighted by Gasteiger charge is 2.22. The van der Waals surface area contributed by atoms with E-state index in [9.17, 15) is 18.4 Å². The molecule has 26 heavy (non-hydrogen) atoms. The van der Waals surface area contributed by atoms with Gasteiger partial charge in [0.25, 0.3) is 5.91 Å². The van der Waals surface area contributed by atoms with Gasteiger partial charge in [0, 0.05) is 11.8 Å². The lowest BCUT2D eigenvalue weighted by Gasteiger charge is -2.14. The highest BCUT2D eigenvalue weighted by molar-refractivity contribution is 6.49. The van der Waals surface area contributed by atoms with E-state index in [0.717, 1.165) is 6.20 Å². The molecular weight excluding hydrogens is 411 g/mol. The van der Waals surface area contributed by atoms with E-state index in [-0.39, 0.29) is 22.7 Å². The maximum Gasteiger partial charge on any atom is 0.258 e. The number of carbonyl (C=O) groups is 2. The van der Waals surface area contributed by atoms with Crippen LogP contribution in [-0.2, 0) is 4.79 Å². The average molecular weight is 423 g/mol. The molecule has 2 N–H and O–H groups in total. The number of amides is 2. The second kappa shape index (κ2) is 8.16. The van der Waals surface area contributed by atoms with Crippen LogP contribution in [0.4, 0.5) is 20.3 Å². The van der Waals surface area contributed by atoms with Gasteiger partial charge in [-0.3, -0.25) is 9.59 Å². The summed E-state index contributed by atoms with van der Waals surface area (Å²) in [6.45, 7) is 1.46. The quantitative estimate of drug-likeness (QED) is 0.681. The van der Waals surface area contributed by atoms with Gasteiger partial charge in [0.05, 0.1) is 23.2 Å². The normalized spacial score (nSPS) is 11.2. The van der Waals surface area contributed by atoms with Crippen molar-refractivity contribution in [3.05, 3.63) is 52.7 Å². The Balaban J connectivity index is 2.18. The van der Waals surface area contributed by atoms with Crippen molar-refractivity contribution in [2.75, 3.05) is 10.6 Å². The van der Waals surface area contributed by atoms with E-state index in [2.05, 4.69) is 15.6 Å². The molecule has 0 aliphatic rings. The first-order valence-corrected chi connectivity index (χ1v) is 8.28. The number of benzene rings is 1. The summed E-state index contributed by atoms with van der Waals surface area (Å²) in [5.41, 5.74) is 0.212. The molecule has 0 fully saturated rings. The summed E-state index contributed by atoms with van der Waals surface area (Å²) >= 11 is 17.5. The molecule has 0 unspecified atom stereocenters. The highest BCUT2D eigenvalue weighted by Crippen LogP contribution is 2.26. The Morgan fingerprint density at radius 3 is 2.50 bits per heavy atom. The molecule has 0 saturated carbocycles. The fourth-order valence-corrected chi connectivity index (χ4v) is 2.39. The van der Waals surface area contributed by atoms with Crippen molar-refractivity contribution in [2.45, 2.75) is 17.7 Å². The molecule has 0 radical (unpaired) electrons. The van der Waals surface area contributed by atoms with Crippen molar-refractivity contribution in [1.29, 1.82) is 0 Å². The molecular formula is C16H12Cl3F2N3O2. The maximum absolute atomic E-state index is 13.6. The number of rotatable bonds is 5. The van der Waals surface area contributed by atoms with Crippen LogP contribution < -0.4 is 10.6 Å². The van der Waals surface area contributed by atoms with Crippen molar-refractivity contribution < 1.29 is 18.4 Å². The van der Waals surface area contributed by atoms with Gasteiger partial charge in [-0.15, -0.1) is 23.2 Å². The van der Waals surface area contributed by atoms with Crippen LogP contribution in [-0.4, -0.2) is 21.1 Å². The minimum atomic E-state index is -1.25. The van der Waals surface area contributed by atoms with Gasteiger partial charge < -0.3 is 10.6 Å². The summed E-state index contributed by atoms with van der Waals surface area (Å²) in [6, 6.07) is 4.71. The Morgan fingerprint density at radius 2 is 1.88 bits per heavy atom. The van der Waals surface area contributed by atoms with Gasteiger partial charge in [0.1, 0.15) is 10.2 Å². The number of halogens is 5. The Labute approximate surface area is 162 Å². The SMILES string of the molecule is CC(Cl)(Cl)CC(=O)Nc1ccc(Cl)c(C(=O)Nc2ncc(F)cc2F)c1. The van der Waals surface area contributed by atoms with E-state index in [1.807, 2.05) is 0 Å². The average Bonchev–Trinajstić information content (AvgIpc) is 2.50. The minimum Gasteiger partial charge on any atom is -0.326 e. The van der Waals surface area contributed by atoms with Gasteiger partial charge >= 0.3 is 0 Å². The smallest absolute Gasteiger partial charge is 0.258 e. The van der Waals surface area contributed by atoms with Crippen LogP contribution in [0, 0.1) is 11.6 Å².